The highest BCUT2D eigenvalue weighted by atomic mass is 16.6. The summed E-state index contributed by atoms with van der Waals surface area (Å²) in [7, 11) is 0. The first-order chi connectivity index (χ1) is 20.7. The summed E-state index contributed by atoms with van der Waals surface area (Å²) in [5.74, 6) is 0.971. The number of piperidine rings is 1. The second-order valence-corrected chi connectivity index (χ2v) is 12.0. The van der Waals surface area contributed by atoms with Gasteiger partial charge in [0.05, 0.1) is 17.9 Å². The van der Waals surface area contributed by atoms with Crippen molar-refractivity contribution in [2.24, 2.45) is 5.92 Å². The highest BCUT2D eigenvalue weighted by Crippen LogP contribution is 2.26. The lowest BCUT2D eigenvalue weighted by Gasteiger charge is -2.32. The molecule has 1 aliphatic heterocycles. The zero-order valence-electron chi connectivity index (χ0n) is 25.6. The maximum absolute atomic E-state index is 12.0. The van der Waals surface area contributed by atoms with E-state index in [4.69, 9.17) is 14.5 Å². The molecule has 3 aromatic rings. The summed E-state index contributed by atoms with van der Waals surface area (Å²) < 4.78 is 11.3. The number of hydrogen-bond acceptors (Lipinski definition) is 7. The van der Waals surface area contributed by atoms with E-state index in [2.05, 4.69) is 39.5 Å². The van der Waals surface area contributed by atoms with E-state index in [1.54, 1.807) is 0 Å². The van der Waals surface area contributed by atoms with Gasteiger partial charge >= 0.3 is 12.1 Å². The molecule has 2 heterocycles. The fourth-order valence-corrected chi connectivity index (χ4v) is 5.23. The predicted molar refractivity (Wildman–Crippen MR) is 167 cm³/mol. The first kappa shape index (κ1) is 31.8. The van der Waals surface area contributed by atoms with E-state index in [1.807, 2.05) is 51.1 Å². The van der Waals surface area contributed by atoms with E-state index in [1.165, 1.54) is 11.8 Å². The minimum Gasteiger partial charge on any atom is -0.493 e. The van der Waals surface area contributed by atoms with Crippen LogP contribution in [-0.2, 0) is 24.0 Å². The Morgan fingerprint density at radius 2 is 1.72 bits per heavy atom. The number of carboxylic acids is 1. The SMILES string of the molecule is CC(C)(C)OC(=O)NCCCCOc1ccccc1CCc1nc(N2CCC(Cc3ccccc3)CC2)ncc1C(=O)O. The third-order valence-corrected chi connectivity index (χ3v) is 7.45. The number of amides is 1. The topological polar surface area (TPSA) is 114 Å². The van der Waals surface area contributed by atoms with Gasteiger partial charge in [0.25, 0.3) is 0 Å². The largest absolute Gasteiger partial charge is 0.493 e. The molecule has 230 valence electrons. The molecular formula is C34H44N4O5. The number of benzene rings is 2. The van der Waals surface area contributed by atoms with Gasteiger partial charge in [-0.25, -0.2) is 19.6 Å². The van der Waals surface area contributed by atoms with Crippen LogP contribution in [0.3, 0.4) is 0 Å². The Morgan fingerprint density at radius 1 is 1.00 bits per heavy atom. The Kier molecular flexibility index (Phi) is 11.4. The molecule has 0 spiro atoms. The van der Waals surface area contributed by atoms with Gasteiger partial charge in [0.2, 0.25) is 5.95 Å². The molecule has 1 amide bonds. The van der Waals surface area contributed by atoms with Crippen LogP contribution in [0.15, 0.2) is 60.8 Å². The Hall–Kier alpha value is -4.14. The first-order valence-electron chi connectivity index (χ1n) is 15.2. The number of rotatable bonds is 13. The summed E-state index contributed by atoms with van der Waals surface area (Å²) in [5, 5.41) is 12.6. The van der Waals surface area contributed by atoms with Crippen molar-refractivity contribution in [2.45, 2.75) is 71.3 Å². The molecule has 9 heteroatoms. The number of aryl methyl sites for hydroxylation is 2. The van der Waals surface area contributed by atoms with Gasteiger partial charge in [-0.1, -0.05) is 48.5 Å². The van der Waals surface area contributed by atoms with Gasteiger partial charge in [0, 0.05) is 25.8 Å². The van der Waals surface area contributed by atoms with E-state index >= 15 is 0 Å². The number of hydrogen-bond donors (Lipinski definition) is 2. The monoisotopic (exact) mass is 588 g/mol. The number of nitrogens with one attached hydrogen (secondary N) is 1. The van der Waals surface area contributed by atoms with Crippen molar-refractivity contribution in [1.82, 2.24) is 15.3 Å². The number of carbonyl (C=O) groups is 2. The van der Waals surface area contributed by atoms with Crippen molar-refractivity contribution in [3.8, 4) is 5.75 Å². The number of alkyl carbamates (subject to hydrolysis) is 1. The van der Waals surface area contributed by atoms with E-state index in [0.29, 0.717) is 43.6 Å². The van der Waals surface area contributed by atoms with Gasteiger partial charge in [0.15, 0.2) is 0 Å². The molecule has 1 saturated heterocycles. The quantitative estimate of drug-likeness (QED) is 0.230. The number of nitrogens with zero attached hydrogens (tertiary/aromatic N) is 3. The zero-order valence-corrected chi connectivity index (χ0v) is 25.6. The number of aromatic carboxylic acids is 1. The molecule has 1 fully saturated rings. The van der Waals surface area contributed by atoms with Crippen molar-refractivity contribution >= 4 is 18.0 Å². The van der Waals surface area contributed by atoms with Crippen LogP contribution in [0.25, 0.3) is 0 Å². The van der Waals surface area contributed by atoms with Gasteiger partial charge in [0.1, 0.15) is 11.4 Å². The molecule has 0 unspecified atom stereocenters. The number of carboxylic acid groups (broad SMARTS) is 1. The third-order valence-electron chi connectivity index (χ3n) is 7.45. The summed E-state index contributed by atoms with van der Waals surface area (Å²) >= 11 is 0. The summed E-state index contributed by atoms with van der Waals surface area (Å²) in [5.41, 5.74) is 2.51. The average molecular weight is 589 g/mol. The van der Waals surface area contributed by atoms with Crippen LogP contribution in [0.1, 0.15) is 73.6 Å². The van der Waals surface area contributed by atoms with Crippen LogP contribution >= 0.6 is 0 Å². The lowest BCUT2D eigenvalue weighted by molar-refractivity contribution is 0.0525. The van der Waals surface area contributed by atoms with E-state index in [9.17, 15) is 14.7 Å². The van der Waals surface area contributed by atoms with Gasteiger partial charge in [-0.3, -0.25) is 0 Å². The molecule has 0 bridgehead atoms. The standard InChI is InChI=1S/C34H44N4O5/c1-34(2,3)43-33(41)35-19-9-10-22-42-30-14-8-7-13-27(30)15-16-29-28(31(39)40)24-36-32(37-29)38-20-17-26(18-21-38)23-25-11-5-4-6-12-25/h4-8,11-14,24,26H,9-10,15-23H2,1-3H3,(H,35,41)(H,39,40). The molecule has 43 heavy (non-hydrogen) atoms. The molecule has 9 nitrogen and oxygen atoms in total. The number of anilines is 1. The Morgan fingerprint density at radius 3 is 2.44 bits per heavy atom. The third kappa shape index (κ3) is 10.3. The van der Waals surface area contributed by atoms with Crippen molar-refractivity contribution in [3.63, 3.8) is 0 Å². The molecule has 1 aliphatic rings. The molecule has 1 aromatic heterocycles. The number of carbonyl (C=O) groups excluding carboxylic acids is 1. The minimum absolute atomic E-state index is 0.138. The number of para-hydroxylation sites is 1. The Bertz CT molecular complexity index is 1330. The van der Waals surface area contributed by atoms with Gasteiger partial charge < -0.3 is 24.8 Å². The molecule has 4 rings (SSSR count). The first-order valence-corrected chi connectivity index (χ1v) is 15.2. The molecule has 2 N–H and O–H groups in total. The summed E-state index contributed by atoms with van der Waals surface area (Å²) in [6.45, 7) is 8.23. The van der Waals surface area contributed by atoms with Crippen LogP contribution in [0.2, 0.25) is 0 Å². The van der Waals surface area contributed by atoms with Crippen LogP contribution in [0, 0.1) is 5.92 Å². The van der Waals surface area contributed by atoms with Crippen LogP contribution in [0.5, 0.6) is 5.75 Å². The number of ether oxygens (including phenoxy) is 2. The van der Waals surface area contributed by atoms with Crippen LogP contribution in [0.4, 0.5) is 10.7 Å². The second-order valence-electron chi connectivity index (χ2n) is 12.0. The van der Waals surface area contributed by atoms with Crippen LogP contribution < -0.4 is 15.0 Å². The lowest BCUT2D eigenvalue weighted by atomic mass is 9.90. The highest BCUT2D eigenvalue weighted by molar-refractivity contribution is 5.88. The Labute approximate surface area is 254 Å². The molecule has 0 radical (unpaired) electrons. The molecule has 2 aromatic carbocycles. The van der Waals surface area contributed by atoms with Gasteiger partial charge in [-0.2, -0.15) is 0 Å². The zero-order chi connectivity index (χ0) is 30.7. The molecule has 0 aliphatic carbocycles. The van der Waals surface area contributed by atoms with Crippen molar-refractivity contribution in [2.75, 3.05) is 31.1 Å². The predicted octanol–water partition coefficient (Wildman–Crippen LogP) is 6.10. The maximum atomic E-state index is 12.0. The molecule has 0 atom stereocenters. The molecular weight excluding hydrogens is 544 g/mol. The van der Waals surface area contributed by atoms with E-state index < -0.39 is 17.7 Å². The highest BCUT2D eigenvalue weighted by Gasteiger charge is 2.23. The van der Waals surface area contributed by atoms with Gasteiger partial charge in [-0.15, -0.1) is 0 Å². The van der Waals surface area contributed by atoms with E-state index in [0.717, 1.165) is 56.5 Å². The smallest absolute Gasteiger partial charge is 0.407 e. The fourth-order valence-electron chi connectivity index (χ4n) is 5.23. The summed E-state index contributed by atoms with van der Waals surface area (Å²) in [4.78, 5) is 35.1. The fraction of sp³-hybridized carbons (Fsp3) is 0.471. The summed E-state index contributed by atoms with van der Waals surface area (Å²) in [6.07, 6.45) is 6.79. The van der Waals surface area contributed by atoms with Crippen molar-refractivity contribution < 1.29 is 24.2 Å². The minimum atomic E-state index is -1.02. The lowest BCUT2D eigenvalue weighted by Crippen LogP contribution is -2.35. The normalized spacial score (nSPS) is 13.9. The number of aromatic nitrogens is 2. The Balaban J connectivity index is 1.29. The average Bonchev–Trinajstić information content (AvgIpc) is 2.98. The van der Waals surface area contributed by atoms with Crippen LogP contribution in [-0.4, -0.2) is 59.0 Å². The maximum Gasteiger partial charge on any atom is 0.407 e. The molecule has 0 saturated carbocycles. The van der Waals surface area contributed by atoms with Crippen molar-refractivity contribution in [1.29, 1.82) is 0 Å². The summed E-state index contributed by atoms with van der Waals surface area (Å²) in [6, 6.07) is 18.4. The van der Waals surface area contributed by atoms with Crippen molar-refractivity contribution in [3.05, 3.63) is 83.2 Å². The second kappa shape index (κ2) is 15.4. The van der Waals surface area contributed by atoms with E-state index in [-0.39, 0.29) is 5.56 Å². The number of unbranched alkanes of at least 4 members (excludes halogenated alkanes) is 1. The van der Waals surface area contributed by atoms with Gasteiger partial charge in [-0.05, 0) is 88.8 Å².